The van der Waals surface area contributed by atoms with Gasteiger partial charge in [0.1, 0.15) is 5.82 Å². The van der Waals surface area contributed by atoms with Gasteiger partial charge in [0.2, 0.25) is 5.91 Å². The molecule has 2 saturated heterocycles. The van der Waals surface area contributed by atoms with Crippen LogP contribution in [-0.2, 0) is 9.53 Å². The first-order chi connectivity index (χ1) is 12.2. The van der Waals surface area contributed by atoms with Gasteiger partial charge in [0, 0.05) is 31.6 Å². The highest BCUT2D eigenvalue weighted by Crippen LogP contribution is 2.27. The first kappa shape index (κ1) is 16.3. The topological polar surface area (TPSA) is 45.7 Å². The summed E-state index contributed by atoms with van der Waals surface area (Å²) < 4.78 is 5.37. The predicted molar refractivity (Wildman–Crippen MR) is 98.8 cm³/mol. The maximum Gasteiger partial charge on any atom is 0.227 e. The number of rotatable bonds is 2. The monoisotopic (exact) mass is 339 g/mol. The summed E-state index contributed by atoms with van der Waals surface area (Å²) in [5, 5.41) is 1.20. The lowest BCUT2D eigenvalue weighted by atomic mass is 9.96. The Hall–Kier alpha value is -2.14. The van der Waals surface area contributed by atoms with Crippen molar-refractivity contribution in [2.45, 2.75) is 19.8 Å². The van der Waals surface area contributed by atoms with E-state index >= 15 is 0 Å². The third kappa shape index (κ3) is 3.33. The number of amides is 1. The zero-order chi connectivity index (χ0) is 17.2. The van der Waals surface area contributed by atoms with Gasteiger partial charge in [0.15, 0.2) is 0 Å². The highest BCUT2D eigenvalue weighted by Gasteiger charge is 2.30. The fourth-order valence-electron chi connectivity index (χ4n) is 3.92. The minimum Gasteiger partial charge on any atom is -0.378 e. The zero-order valence-corrected chi connectivity index (χ0v) is 14.8. The van der Waals surface area contributed by atoms with E-state index in [-0.39, 0.29) is 11.8 Å². The second-order valence-electron chi connectivity index (χ2n) is 7.04. The second-order valence-corrected chi connectivity index (χ2v) is 7.04. The first-order valence-corrected chi connectivity index (χ1v) is 9.20. The quantitative estimate of drug-likeness (QED) is 0.844. The number of hydrogen-bond acceptors (Lipinski definition) is 4. The number of ether oxygens (including phenoxy) is 1. The Bertz CT molecular complexity index is 771. The summed E-state index contributed by atoms with van der Waals surface area (Å²) in [6, 6.07) is 10.4. The number of carbonyl (C=O) groups is 1. The summed E-state index contributed by atoms with van der Waals surface area (Å²) in [6.07, 6.45) is 2.01. The average Bonchev–Trinajstić information content (AvgIpc) is 2.68. The third-order valence-electron chi connectivity index (χ3n) is 5.33. The van der Waals surface area contributed by atoms with Crippen molar-refractivity contribution >= 4 is 22.6 Å². The predicted octanol–water partition coefficient (Wildman–Crippen LogP) is 2.62. The van der Waals surface area contributed by atoms with Gasteiger partial charge < -0.3 is 14.5 Å². The molecule has 1 aromatic heterocycles. The molecule has 2 aromatic rings. The minimum atomic E-state index is 0.0698. The number of para-hydroxylation sites is 1. The molecule has 0 saturated carbocycles. The molecule has 2 aliphatic heterocycles. The van der Waals surface area contributed by atoms with Gasteiger partial charge >= 0.3 is 0 Å². The molecule has 1 aromatic carbocycles. The lowest BCUT2D eigenvalue weighted by molar-refractivity contribution is -0.139. The summed E-state index contributed by atoms with van der Waals surface area (Å²) in [5.41, 5.74) is 2.27. The standard InChI is InChI=1S/C20H25N3O2/c1-15-13-19(21-18-7-3-2-6-17(15)18)23-8-4-5-16(14-23)20(24)22-9-11-25-12-10-22/h2-3,6-7,13,16H,4-5,8-12,14H2,1H3. The van der Waals surface area contributed by atoms with Crippen molar-refractivity contribution in [2.24, 2.45) is 5.92 Å². The van der Waals surface area contributed by atoms with Gasteiger partial charge in [-0.1, -0.05) is 18.2 Å². The fraction of sp³-hybridized carbons (Fsp3) is 0.500. The first-order valence-electron chi connectivity index (χ1n) is 9.20. The van der Waals surface area contributed by atoms with Crippen LogP contribution in [0.2, 0.25) is 0 Å². The molecule has 25 heavy (non-hydrogen) atoms. The molecule has 132 valence electrons. The van der Waals surface area contributed by atoms with Gasteiger partial charge in [-0.25, -0.2) is 4.98 Å². The summed E-state index contributed by atoms with van der Waals surface area (Å²) in [7, 11) is 0. The van der Waals surface area contributed by atoms with Crippen molar-refractivity contribution < 1.29 is 9.53 Å². The lowest BCUT2D eigenvalue weighted by Gasteiger charge is -2.36. The molecular weight excluding hydrogens is 314 g/mol. The van der Waals surface area contributed by atoms with Crippen LogP contribution in [0.15, 0.2) is 30.3 Å². The Morgan fingerprint density at radius 2 is 2.00 bits per heavy atom. The second kappa shape index (κ2) is 7.00. The van der Waals surface area contributed by atoms with Gasteiger partial charge in [-0.15, -0.1) is 0 Å². The van der Waals surface area contributed by atoms with E-state index in [2.05, 4.69) is 36.1 Å². The third-order valence-corrected chi connectivity index (χ3v) is 5.33. The Kier molecular flexibility index (Phi) is 4.57. The molecular formula is C20H25N3O2. The highest BCUT2D eigenvalue weighted by molar-refractivity contribution is 5.84. The molecule has 0 spiro atoms. The van der Waals surface area contributed by atoms with Crippen LogP contribution < -0.4 is 4.90 Å². The minimum absolute atomic E-state index is 0.0698. The number of hydrogen-bond donors (Lipinski definition) is 0. The molecule has 1 amide bonds. The van der Waals surface area contributed by atoms with Crippen LogP contribution >= 0.6 is 0 Å². The van der Waals surface area contributed by atoms with E-state index in [9.17, 15) is 4.79 Å². The van der Waals surface area contributed by atoms with Gasteiger partial charge in [0.05, 0.1) is 24.6 Å². The van der Waals surface area contributed by atoms with E-state index in [0.717, 1.165) is 50.4 Å². The van der Waals surface area contributed by atoms with E-state index in [1.54, 1.807) is 0 Å². The van der Waals surface area contributed by atoms with Crippen LogP contribution in [0.25, 0.3) is 10.9 Å². The Morgan fingerprint density at radius 3 is 2.84 bits per heavy atom. The summed E-state index contributed by atoms with van der Waals surface area (Å²) in [5.74, 6) is 1.35. The van der Waals surface area contributed by atoms with Gasteiger partial charge in [-0.3, -0.25) is 4.79 Å². The SMILES string of the molecule is Cc1cc(N2CCCC(C(=O)N3CCOCC3)C2)nc2ccccc12. The summed E-state index contributed by atoms with van der Waals surface area (Å²) in [4.78, 5) is 21.9. The van der Waals surface area contributed by atoms with Crippen molar-refractivity contribution in [3.05, 3.63) is 35.9 Å². The molecule has 0 aliphatic carbocycles. The van der Waals surface area contributed by atoms with E-state index in [1.165, 1.54) is 10.9 Å². The normalized spacial score (nSPS) is 21.6. The molecule has 0 radical (unpaired) electrons. The zero-order valence-electron chi connectivity index (χ0n) is 14.8. The smallest absolute Gasteiger partial charge is 0.227 e. The van der Waals surface area contributed by atoms with Crippen LogP contribution in [-0.4, -0.2) is 55.2 Å². The van der Waals surface area contributed by atoms with Crippen LogP contribution in [0.1, 0.15) is 18.4 Å². The Balaban J connectivity index is 1.54. The van der Waals surface area contributed by atoms with E-state index < -0.39 is 0 Å². The largest absolute Gasteiger partial charge is 0.378 e. The molecule has 0 N–H and O–H groups in total. The lowest BCUT2D eigenvalue weighted by Crippen LogP contribution is -2.48. The van der Waals surface area contributed by atoms with E-state index in [4.69, 9.17) is 9.72 Å². The number of aryl methyl sites for hydroxylation is 1. The molecule has 2 aliphatic rings. The van der Waals surface area contributed by atoms with Gasteiger partial charge in [-0.2, -0.15) is 0 Å². The van der Waals surface area contributed by atoms with Crippen molar-refractivity contribution in [1.29, 1.82) is 0 Å². The molecule has 4 rings (SSSR count). The van der Waals surface area contributed by atoms with Crippen molar-refractivity contribution in [3.63, 3.8) is 0 Å². The van der Waals surface area contributed by atoms with Crippen LogP contribution in [0.3, 0.4) is 0 Å². The fourth-order valence-corrected chi connectivity index (χ4v) is 3.92. The molecule has 1 atom stereocenters. The number of fused-ring (bicyclic) bond motifs is 1. The Labute approximate surface area is 148 Å². The average molecular weight is 339 g/mol. The molecule has 3 heterocycles. The van der Waals surface area contributed by atoms with Crippen LogP contribution in [0, 0.1) is 12.8 Å². The number of anilines is 1. The van der Waals surface area contributed by atoms with Crippen LogP contribution in [0.4, 0.5) is 5.82 Å². The molecule has 1 unspecified atom stereocenters. The number of pyridine rings is 1. The molecule has 5 heteroatoms. The van der Waals surface area contributed by atoms with E-state index in [1.807, 2.05) is 11.0 Å². The summed E-state index contributed by atoms with van der Waals surface area (Å²) >= 11 is 0. The van der Waals surface area contributed by atoms with Gasteiger partial charge in [0.25, 0.3) is 0 Å². The van der Waals surface area contributed by atoms with Crippen molar-refractivity contribution in [1.82, 2.24) is 9.88 Å². The Morgan fingerprint density at radius 1 is 1.20 bits per heavy atom. The van der Waals surface area contributed by atoms with Gasteiger partial charge in [-0.05, 0) is 37.5 Å². The van der Waals surface area contributed by atoms with Crippen LogP contribution in [0.5, 0.6) is 0 Å². The van der Waals surface area contributed by atoms with Crippen molar-refractivity contribution in [3.8, 4) is 0 Å². The number of morpholine rings is 1. The number of piperidine rings is 1. The molecule has 0 bridgehead atoms. The number of benzene rings is 1. The molecule has 2 fully saturated rings. The maximum absolute atomic E-state index is 12.8. The number of aromatic nitrogens is 1. The molecule has 5 nitrogen and oxygen atoms in total. The number of carbonyl (C=O) groups excluding carboxylic acids is 1. The maximum atomic E-state index is 12.8. The summed E-state index contributed by atoms with van der Waals surface area (Å²) in [6.45, 7) is 6.64. The highest BCUT2D eigenvalue weighted by atomic mass is 16.5. The number of nitrogens with zero attached hydrogens (tertiary/aromatic N) is 3. The van der Waals surface area contributed by atoms with Crippen molar-refractivity contribution in [2.75, 3.05) is 44.3 Å². The van der Waals surface area contributed by atoms with E-state index in [0.29, 0.717) is 13.2 Å².